The lowest BCUT2D eigenvalue weighted by Gasteiger charge is -2.10. The number of aryl methyl sites for hydroxylation is 1. The maximum absolute atomic E-state index is 13.8. The number of fused-ring (bicyclic) bond motifs is 1. The number of nitrogens with zero attached hydrogens (tertiary/aromatic N) is 2. The maximum atomic E-state index is 13.8. The van der Waals surface area contributed by atoms with E-state index >= 15 is 0 Å². The number of halogens is 2. The zero-order chi connectivity index (χ0) is 14.8. The van der Waals surface area contributed by atoms with Crippen molar-refractivity contribution in [2.45, 2.75) is 38.1 Å². The Balaban J connectivity index is 1.72. The van der Waals surface area contributed by atoms with Gasteiger partial charge in [-0.3, -0.25) is 0 Å². The van der Waals surface area contributed by atoms with Crippen LogP contribution in [0.1, 0.15) is 37.4 Å². The third-order valence-corrected chi connectivity index (χ3v) is 4.03. The molecule has 3 nitrogen and oxygen atoms in total. The van der Waals surface area contributed by atoms with Crippen LogP contribution in [0.2, 0.25) is 0 Å². The summed E-state index contributed by atoms with van der Waals surface area (Å²) in [5.74, 6) is 1.21. The van der Waals surface area contributed by atoms with Crippen LogP contribution >= 0.6 is 11.6 Å². The minimum Gasteiger partial charge on any atom is -0.381 e. The molecule has 3 rings (SSSR count). The Labute approximate surface area is 129 Å². The van der Waals surface area contributed by atoms with Crippen molar-refractivity contribution in [1.82, 2.24) is 9.55 Å². The number of para-hydroxylation sites is 1. The van der Waals surface area contributed by atoms with Crippen LogP contribution in [0.5, 0.6) is 0 Å². The standard InChI is InChI=1S/C16H20ClFN2O/c1-11(17)16-19-15-13(18)4-2-5-14(15)20(16)8-3-9-21-10-12-6-7-12/h2,4-5,11-12H,3,6-10H2,1H3. The molecule has 1 saturated carbocycles. The number of rotatable bonds is 7. The zero-order valence-corrected chi connectivity index (χ0v) is 12.9. The van der Waals surface area contributed by atoms with E-state index in [9.17, 15) is 4.39 Å². The average molecular weight is 311 g/mol. The number of imidazole rings is 1. The summed E-state index contributed by atoms with van der Waals surface area (Å²) < 4.78 is 21.5. The lowest BCUT2D eigenvalue weighted by Crippen LogP contribution is -2.08. The van der Waals surface area contributed by atoms with Crippen molar-refractivity contribution < 1.29 is 9.13 Å². The summed E-state index contributed by atoms with van der Waals surface area (Å²) in [4.78, 5) is 4.36. The van der Waals surface area contributed by atoms with Gasteiger partial charge in [-0.25, -0.2) is 9.37 Å². The highest BCUT2D eigenvalue weighted by Crippen LogP contribution is 2.29. The Morgan fingerprint density at radius 3 is 3.00 bits per heavy atom. The number of hydrogen-bond acceptors (Lipinski definition) is 2. The van der Waals surface area contributed by atoms with Crippen molar-refractivity contribution in [1.29, 1.82) is 0 Å². The van der Waals surface area contributed by atoms with E-state index in [1.165, 1.54) is 18.9 Å². The predicted octanol–water partition coefficient (Wildman–Crippen LogP) is 4.29. The first-order valence-corrected chi connectivity index (χ1v) is 7.97. The summed E-state index contributed by atoms with van der Waals surface area (Å²) in [6.07, 6.45) is 3.49. The molecule has 1 atom stereocenters. The van der Waals surface area contributed by atoms with Crippen LogP contribution in [0.3, 0.4) is 0 Å². The molecule has 1 aromatic heterocycles. The van der Waals surface area contributed by atoms with Crippen molar-refractivity contribution in [3.63, 3.8) is 0 Å². The molecule has 1 aromatic carbocycles. The van der Waals surface area contributed by atoms with E-state index in [-0.39, 0.29) is 11.2 Å². The van der Waals surface area contributed by atoms with E-state index in [0.717, 1.165) is 43.4 Å². The number of aromatic nitrogens is 2. The van der Waals surface area contributed by atoms with Crippen molar-refractivity contribution in [3.05, 3.63) is 29.8 Å². The molecule has 0 radical (unpaired) electrons. The van der Waals surface area contributed by atoms with Gasteiger partial charge in [0.25, 0.3) is 0 Å². The Hall–Kier alpha value is -1.13. The van der Waals surface area contributed by atoms with E-state index in [2.05, 4.69) is 4.98 Å². The summed E-state index contributed by atoms with van der Waals surface area (Å²) in [5, 5.41) is -0.246. The molecule has 0 spiro atoms. The summed E-state index contributed by atoms with van der Waals surface area (Å²) in [7, 11) is 0. The molecule has 1 fully saturated rings. The third-order valence-electron chi connectivity index (χ3n) is 3.84. The molecule has 1 unspecified atom stereocenters. The first-order chi connectivity index (χ1) is 10.2. The molecular formula is C16H20ClFN2O. The van der Waals surface area contributed by atoms with Gasteiger partial charge in [0.05, 0.1) is 10.9 Å². The lowest BCUT2D eigenvalue weighted by atomic mass is 10.3. The second kappa shape index (κ2) is 6.32. The number of benzene rings is 1. The minimum absolute atomic E-state index is 0.246. The highest BCUT2D eigenvalue weighted by Gasteiger charge is 2.21. The monoisotopic (exact) mass is 310 g/mol. The van der Waals surface area contributed by atoms with Gasteiger partial charge in [-0.15, -0.1) is 11.6 Å². The van der Waals surface area contributed by atoms with Gasteiger partial charge < -0.3 is 9.30 Å². The Morgan fingerprint density at radius 2 is 2.29 bits per heavy atom. The Bertz CT molecular complexity index is 622. The fourth-order valence-corrected chi connectivity index (χ4v) is 2.70. The van der Waals surface area contributed by atoms with Crippen molar-refractivity contribution in [3.8, 4) is 0 Å². The van der Waals surface area contributed by atoms with E-state index in [0.29, 0.717) is 5.52 Å². The van der Waals surface area contributed by atoms with E-state index in [1.807, 2.05) is 17.6 Å². The largest absolute Gasteiger partial charge is 0.381 e. The summed E-state index contributed by atoms with van der Waals surface area (Å²) in [6.45, 7) is 4.21. The molecule has 2 aromatic rings. The summed E-state index contributed by atoms with van der Waals surface area (Å²) >= 11 is 6.19. The van der Waals surface area contributed by atoms with E-state index in [4.69, 9.17) is 16.3 Å². The molecule has 0 N–H and O–H groups in total. The van der Waals surface area contributed by atoms with Crippen LogP contribution in [0.15, 0.2) is 18.2 Å². The molecule has 1 heterocycles. The number of ether oxygens (including phenoxy) is 1. The molecule has 5 heteroatoms. The van der Waals surface area contributed by atoms with Crippen molar-refractivity contribution in [2.24, 2.45) is 5.92 Å². The maximum Gasteiger partial charge on any atom is 0.151 e. The van der Waals surface area contributed by atoms with Gasteiger partial charge in [0.15, 0.2) is 5.82 Å². The molecular weight excluding hydrogens is 291 g/mol. The third kappa shape index (κ3) is 3.38. The molecule has 0 amide bonds. The van der Waals surface area contributed by atoms with Crippen molar-refractivity contribution >= 4 is 22.6 Å². The predicted molar refractivity (Wildman–Crippen MR) is 82.1 cm³/mol. The quantitative estimate of drug-likeness (QED) is 0.563. The second-order valence-electron chi connectivity index (χ2n) is 5.72. The first kappa shape index (κ1) is 14.8. The van der Waals surface area contributed by atoms with Crippen LogP contribution in [-0.4, -0.2) is 22.8 Å². The molecule has 0 saturated heterocycles. The van der Waals surface area contributed by atoms with Gasteiger partial charge in [0.2, 0.25) is 0 Å². The average Bonchev–Trinajstić information content (AvgIpc) is 3.19. The zero-order valence-electron chi connectivity index (χ0n) is 12.2. The fraction of sp³-hybridized carbons (Fsp3) is 0.562. The second-order valence-corrected chi connectivity index (χ2v) is 6.37. The van der Waals surface area contributed by atoms with E-state index < -0.39 is 0 Å². The van der Waals surface area contributed by atoms with Gasteiger partial charge in [-0.05, 0) is 44.2 Å². The van der Waals surface area contributed by atoms with Gasteiger partial charge in [0.1, 0.15) is 11.3 Å². The van der Waals surface area contributed by atoms with Crippen molar-refractivity contribution in [2.75, 3.05) is 13.2 Å². The summed E-state index contributed by atoms with van der Waals surface area (Å²) in [5.41, 5.74) is 1.21. The number of hydrogen-bond donors (Lipinski definition) is 0. The smallest absolute Gasteiger partial charge is 0.151 e. The lowest BCUT2D eigenvalue weighted by molar-refractivity contribution is 0.119. The van der Waals surface area contributed by atoms with Gasteiger partial charge in [-0.1, -0.05) is 6.07 Å². The highest BCUT2D eigenvalue weighted by atomic mass is 35.5. The first-order valence-electron chi connectivity index (χ1n) is 7.53. The molecule has 21 heavy (non-hydrogen) atoms. The van der Waals surface area contributed by atoms with Gasteiger partial charge in [-0.2, -0.15) is 0 Å². The van der Waals surface area contributed by atoms with E-state index in [1.54, 1.807) is 6.07 Å². The molecule has 1 aliphatic rings. The van der Waals surface area contributed by atoms with Crippen LogP contribution in [-0.2, 0) is 11.3 Å². The van der Waals surface area contributed by atoms with Crippen LogP contribution in [0.25, 0.3) is 11.0 Å². The van der Waals surface area contributed by atoms with Crippen LogP contribution in [0, 0.1) is 11.7 Å². The summed E-state index contributed by atoms with van der Waals surface area (Å²) in [6, 6.07) is 5.03. The molecule has 0 bridgehead atoms. The number of alkyl halides is 1. The topological polar surface area (TPSA) is 27.1 Å². The normalized spacial score (nSPS) is 16.5. The highest BCUT2D eigenvalue weighted by molar-refractivity contribution is 6.20. The fourth-order valence-electron chi connectivity index (χ4n) is 2.53. The van der Waals surface area contributed by atoms with Crippen LogP contribution in [0.4, 0.5) is 4.39 Å². The Kier molecular flexibility index (Phi) is 4.45. The minimum atomic E-state index is -0.296. The Morgan fingerprint density at radius 1 is 1.48 bits per heavy atom. The molecule has 1 aliphatic carbocycles. The van der Waals surface area contributed by atoms with Gasteiger partial charge >= 0.3 is 0 Å². The molecule has 0 aliphatic heterocycles. The van der Waals surface area contributed by atoms with Gasteiger partial charge in [0, 0.05) is 19.8 Å². The SMILES string of the molecule is CC(Cl)c1nc2c(F)cccc2n1CCCOCC1CC1. The molecule has 114 valence electrons. The van der Waals surface area contributed by atoms with Crippen LogP contribution < -0.4 is 0 Å².